The molecule has 3 unspecified atom stereocenters. The van der Waals surface area contributed by atoms with Crippen molar-refractivity contribution < 1.29 is 31.5 Å². The Kier molecular flexibility index (Phi) is 5.97. The average molecular weight is 542 g/mol. The highest BCUT2D eigenvalue weighted by Crippen LogP contribution is 2.52. The Morgan fingerprint density at radius 1 is 1.19 bits per heavy atom. The summed E-state index contributed by atoms with van der Waals surface area (Å²) < 4.78 is 54.3. The van der Waals surface area contributed by atoms with Gasteiger partial charge in [-0.25, -0.2) is 8.42 Å². The first-order valence-corrected chi connectivity index (χ1v) is 14.8. The lowest BCUT2D eigenvalue weighted by Gasteiger charge is -2.39. The Bertz CT molecular complexity index is 1610. The van der Waals surface area contributed by atoms with E-state index in [4.69, 9.17) is 8.94 Å². The molecule has 3 aromatic rings. The van der Waals surface area contributed by atoms with Crippen LogP contribution in [0.5, 0.6) is 0 Å². The highest BCUT2D eigenvalue weighted by atomic mass is 32.2. The van der Waals surface area contributed by atoms with Crippen molar-refractivity contribution >= 4 is 51.6 Å². The molecule has 5 rings (SSSR count). The minimum absolute atomic E-state index is 0.0792. The number of nitrogens with one attached hydrogen (secondary N) is 2. The van der Waals surface area contributed by atoms with E-state index >= 15 is 0 Å². The Morgan fingerprint density at radius 3 is 2.62 bits per heavy atom. The van der Waals surface area contributed by atoms with Crippen LogP contribution >= 0.6 is 7.52 Å². The summed E-state index contributed by atoms with van der Waals surface area (Å²) in [5.41, 5.74) is 1.15. The van der Waals surface area contributed by atoms with Crippen molar-refractivity contribution in [3.05, 3.63) is 77.7 Å². The number of sulfonamides is 1. The molecule has 0 saturated heterocycles. The number of fused-ring (bicyclic) bond motifs is 2. The summed E-state index contributed by atoms with van der Waals surface area (Å²) in [6.07, 6.45) is 4.36. The topological polar surface area (TPSA) is 144 Å². The molecule has 2 aromatic carbocycles. The van der Waals surface area contributed by atoms with E-state index in [1.165, 1.54) is 31.6 Å². The van der Waals surface area contributed by atoms with E-state index in [2.05, 4.69) is 14.8 Å². The van der Waals surface area contributed by atoms with E-state index in [1.807, 2.05) is 0 Å². The Balaban J connectivity index is 1.61. The van der Waals surface area contributed by atoms with Gasteiger partial charge in [-0.2, -0.15) is 4.76 Å². The van der Waals surface area contributed by atoms with Gasteiger partial charge in [0.05, 0.1) is 35.2 Å². The van der Waals surface area contributed by atoms with Gasteiger partial charge in [0.25, 0.3) is 0 Å². The van der Waals surface area contributed by atoms with E-state index in [0.29, 0.717) is 16.8 Å². The first-order chi connectivity index (χ1) is 17.4. The van der Waals surface area contributed by atoms with Crippen LogP contribution in [0.2, 0.25) is 0 Å². The number of nitrogens with zero attached hydrogens (tertiary/aromatic N) is 1. The van der Waals surface area contributed by atoms with Gasteiger partial charge in [-0.15, -0.1) is 0 Å². The molecule has 0 bridgehead atoms. The first-order valence-electron chi connectivity index (χ1n) is 11.3. The number of anilines is 2. The zero-order chi connectivity index (χ0) is 26.6. The highest BCUT2D eigenvalue weighted by Gasteiger charge is 2.52. The zero-order valence-corrected chi connectivity index (χ0v) is 21.9. The van der Waals surface area contributed by atoms with Gasteiger partial charge in [-0.3, -0.25) is 18.9 Å². The lowest BCUT2D eigenvalue weighted by Crippen LogP contribution is -2.52. The number of carbonyl (C=O) groups is 2. The molecule has 2 N–H and O–H groups in total. The zero-order valence-electron chi connectivity index (χ0n) is 20.2. The number of ketones is 2. The van der Waals surface area contributed by atoms with Crippen LogP contribution in [-0.4, -0.2) is 39.2 Å². The molecule has 0 amide bonds. The van der Waals surface area contributed by atoms with Crippen LogP contribution in [0.15, 0.2) is 70.2 Å². The number of amidine groups is 1. The Hall–Kier alpha value is -3.53. The summed E-state index contributed by atoms with van der Waals surface area (Å²) in [6, 6.07) is 13.0. The molecule has 0 spiro atoms. The van der Waals surface area contributed by atoms with Gasteiger partial charge in [0.15, 0.2) is 11.6 Å². The second-order valence-electron chi connectivity index (χ2n) is 9.27. The van der Waals surface area contributed by atoms with Gasteiger partial charge in [-0.05, 0) is 48.7 Å². The fraction of sp³-hybridized carbons (Fsp3) is 0.240. The number of rotatable bonds is 6. The predicted octanol–water partition coefficient (Wildman–Crippen LogP) is 3.52. The highest BCUT2D eigenvalue weighted by molar-refractivity contribution is 7.92. The maximum Gasteiger partial charge on any atom is 0.348 e. The molecule has 12 heteroatoms. The number of hydrogen-bond acceptors (Lipinski definition) is 8. The second kappa shape index (κ2) is 8.79. The molecule has 192 valence electrons. The number of hydrogen-bond donors (Lipinski definition) is 2. The molecule has 37 heavy (non-hydrogen) atoms. The van der Waals surface area contributed by atoms with E-state index < -0.39 is 40.4 Å². The number of furan rings is 1. The Labute approximate surface area is 213 Å². The fourth-order valence-electron chi connectivity index (χ4n) is 4.91. The van der Waals surface area contributed by atoms with E-state index in [9.17, 15) is 22.6 Å². The van der Waals surface area contributed by atoms with Crippen LogP contribution < -0.4 is 15.3 Å². The maximum atomic E-state index is 14.1. The van der Waals surface area contributed by atoms with Crippen LogP contribution in [0, 0.1) is 5.92 Å². The molecule has 0 fully saturated rings. The maximum absolute atomic E-state index is 14.1. The molecule has 10 nitrogen and oxygen atoms in total. The molecule has 1 aliphatic heterocycles. The van der Waals surface area contributed by atoms with E-state index in [-0.39, 0.29) is 23.2 Å². The largest absolute Gasteiger partial charge is 0.472 e. The van der Waals surface area contributed by atoms with Gasteiger partial charge in [0.1, 0.15) is 11.8 Å². The normalized spacial score (nSPS) is 25.1. The molecular weight excluding hydrogens is 517 g/mol. The molecule has 1 aromatic heterocycles. The van der Waals surface area contributed by atoms with Crippen LogP contribution in [0.1, 0.15) is 28.4 Å². The van der Waals surface area contributed by atoms with E-state index in [1.54, 1.807) is 43.5 Å². The third-order valence-electron chi connectivity index (χ3n) is 6.62. The monoisotopic (exact) mass is 541 g/mol. The van der Waals surface area contributed by atoms with Crippen LogP contribution in [0.3, 0.4) is 0 Å². The number of benzene rings is 2. The third-order valence-corrected chi connectivity index (χ3v) is 9.18. The van der Waals surface area contributed by atoms with E-state index in [0.717, 1.165) is 11.8 Å². The van der Waals surface area contributed by atoms with Crippen LogP contribution in [0.4, 0.5) is 11.4 Å². The van der Waals surface area contributed by atoms with Gasteiger partial charge in [0.2, 0.25) is 10.0 Å². The molecule has 1 aliphatic carbocycles. The molecule has 3 atom stereocenters. The van der Waals surface area contributed by atoms with Crippen molar-refractivity contribution in [3.8, 4) is 0 Å². The van der Waals surface area contributed by atoms with Crippen molar-refractivity contribution in [3.63, 3.8) is 0 Å². The molecule has 0 radical (unpaired) electrons. The van der Waals surface area contributed by atoms with Crippen molar-refractivity contribution in [1.82, 2.24) is 0 Å². The smallest absolute Gasteiger partial charge is 0.348 e. The Morgan fingerprint density at radius 2 is 1.95 bits per heavy atom. The average Bonchev–Trinajstić information content (AvgIpc) is 3.35. The molecule has 2 aliphatic rings. The predicted molar refractivity (Wildman–Crippen MR) is 139 cm³/mol. The summed E-state index contributed by atoms with van der Waals surface area (Å²) in [5, 5.41) is 3.11. The minimum atomic E-state index is -3.96. The second-order valence-corrected chi connectivity index (χ2v) is 13.1. The quantitative estimate of drug-likeness (QED) is 0.356. The summed E-state index contributed by atoms with van der Waals surface area (Å²) >= 11 is 0. The van der Waals surface area contributed by atoms with Crippen LogP contribution in [0.25, 0.3) is 0 Å². The summed E-state index contributed by atoms with van der Waals surface area (Å²) in [5.74, 6) is -2.29. The molecular formula is C25H24N3O7PS. The fourth-order valence-corrected chi connectivity index (χ4v) is 7.04. The molecule has 2 heterocycles. The lowest BCUT2D eigenvalue weighted by molar-refractivity contribution is -0.125. The van der Waals surface area contributed by atoms with Gasteiger partial charge < -0.3 is 14.3 Å². The van der Waals surface area contributed by atoms with Crippen LogP contribution in [-0.2, 0) is 35.7 Å². The lowest BCUT2D eigenvalue weighted by atomic mass is 9.63. The number of carbonyl (C=O) groups excluding carboxylic acids is 2. The van der Waals surface area contributed by atoms with Crippen molar-refractivity contribution in [1.29, 1.82) is 0 Å². The summed E-state index contributed by atoms with van der Waals surface area (Å²) in [4.78, 5) is 27.8. The SMILES string of the molecule is COP1(=O)N=C(C2C(=O)c3ccccc3C(C)(Cc3ccoc3)C2=O)Nc2ccc(NS(C)(=O)=O)cc21. The minimum Gasteiger partial charge on any atom is -0.472 e. The van der Waals surface area contributed by atoms with Crippen molar-refractivity contribution in [2.24, 2.45) is 10.7 Å². The van der Waals surface area contributed by atoms with Crippen molar-refractivity contribution in [2.45, 2.75) is 18.8 Å². The third kappa shape index (κ3) is 4.33. The molecule has 0 saturated carbocycles. The van der Waals surface area contributed by atoms with Crippen molar-refractivity contribution in [2.75, 3.05) is 23.4 Å². The van der Waals surface area contributed by atoms with Gasteiger partial charge in [-0.1, -0.05) is 24.3 Å². The van der Waals surface area contributed by atoms with Gasteiger partial charge in [0, 0.05) is 18.4 Å². The first kappa shape index (κ1) is 25.1. The number of Topliss-reactive ketones (excluding diaryl/α,β-unsaturated/α-hetero) is 2. The summed E-state index contributed by atoms with van der Waals surface area (Å²) in [7, 11) is -6.35. The van der Waals surface area contributed by atoms with Gasteiger partial charge >= 0.3 is 7.52 Å². The standard InChI is InChI=1S/C25H24N3O7PS/c1-25(13-15-10-11-35-14-15)18-7-5-4-6-17(18)22(29)21(23(25)30)24-26-19-9-8-16(28-37(3,32)33)12-20(19)36(31,27-24)34-2/h4-12,14,21,28H,13H2,1-3H3,(H,26,27,31). The summed E-state index contributed by atoms with van der Waals surface area (Å²) in [6.45, 7) is 1.77.